The van der Waals surface area contributed by atoms with Crippen LogP contribution in [-0.2, 0) is 0 Å². The van der Waals surface area contributed by atoms with Crippen LogP contribution in [-0.4, -0.2) is 16.0 Å². The Balaban J connectivity index is 1.75. The lowest BCUT2D eigenvalue weighted by atomic mass is 10.1. The molecule has 0 unspecified atom stereocenters. The van der Waals surface area contributed by atoms with E-state index in [2.05, 4.69) is 10.2 Å². The highest BCUT2D eigenvalue weighted by Gasteiger charge is 2.03. The number of halogens is 1. The van der Waals surface area contributed by atoms with Gasteiger partial charge < -0.3 is 0 Å². The lowest BCUT2D eigenvalue weighted by Gasteiger charge is -1.95. The minimum absolute atomic E-state index is 0.0387. The van der Waals surface area contributed by atoms with Crippen LogP contribution in [0.25, 0.3) is 17.3 Å². The summed E-state index contributed by atoms with van der Waals surface area (Å²) in [7, 11) is 0. The predicted molar refractivity (Wildman–Crippen MR) is 88.8 cm³/mol. The second-order valence-corrected chi connectivity index (χ2v) is 5.22. The van der Waals surface area contributed by atoms with Crippen molar-refractivity contribution >= 4 is 23.5 Å². The van der Waals surface area contributed by atoms with Crippen molar-refractivity contribution in [2.24, 2.45) is 0 Å². The number of nitrogens with zero attached hydrogens (tertiary/aromatic N) is 1. The summed E-state index contributed by atoms with van der Waals surface area (Å²) in [6.07, 6.45) is 3.26. The van der Waals surface area contributed by atoms with Crippen LogP contribution in [0.5, 0.6) is 0 Å². The van der Waals surface area contributed by atoms with Crippen molar-refractivity contribution in [3.63, 3.8) is 0 Å². The maximum Gasteiger partial charge on any atom is 0.185 e. The van der Waals surface area contributed by atoms with Gasteiger partial charge in [-0.25, -0.2) is 0 Å². The van der Waals surface area contributed by atoms with Crippen LogP contribution in [0, 0.1) is 0 Å². The molecule has 0 spiro atoms. The first-order valence-corrected chi connectivity index (χ1v) is 7.19. The van der Waals surface area contributed by atoms with Gasteiger partial charge in [0.25, 0.3) is 0 Å². The molecule has 0 atom stereocenters. The van der Waals surface area contributed by atoms with Crippen molar-refractivity contribution in [2.75, 3.05) is 0 Å². The van der Waals surface area contributed by atoms with Crippen molar-refractivity contribution in [2.45, 2.75) is 0 Å². The molecule has 3 rings (SSSR count). The molecule has 0 aliphatic heterocycles. The number of carbonyl (C=O) groups excluding carboxylic acids is 1. The van der Waals surface area contributed by atoms with E-state index in [0.29, 0.717) is 10.6 Å². The third-order valence-corrected chi connectivity index (χ3v) is 3.46. The molecule has 2 aromatic carbocycles. The Hall–Kier alpha value is -2.65. The zero-order chi connectivity index (χ0) is 15.4. The van der Waals surface area contributed by atoms with E-state index in [9.17, 15) is 4.79 Å². The van der Waals surface area contributed by atoms with E-state index in [1.165, 1.54) is 6.08 Å². The first kappa shape index (κ1) is 14.3. The molecule has 22 heavy (non-hydrogen) atoms. The highest BCUT2D eigenvalue weighted by molar-refractivity contribution is 6.30. The van der Waals surface area contributed by atoms with Crippen molar-refractivity contribution in [1.29, 1.82) is 0 Å². The van der Waals surface area contributed by atoms with Crippen LogP contribution >= 0.6 is 11.6 Å². The highest BCUT2D eigenvalue weighted by Crippen LogP contribution is 2.20. The van der Waals surface area contributed by atoms with Crippen molar-refractivity contribution < 1.29 is 4.79 Å². The number of carbonyl (C=O) groups is 1. The fraction of sp³-hybridized carbons (Fsp3) is 0. The largest absolute Gasteiger partial charge is 0.289 e. The van der Waals surface area contributed by atoms with Crippen LogP contribution in [0.2, 0.25) is 5.02 Å². The monoisotopic (exact) mass is 308 g/mol. The van der Waals surface area contributed by atoms with Gasteiger partial charge >= 0.3 is 0 Å². The Morgan fingerprint density at radius 1 is 1.05 bits per heavy atom. The second-order valence-electron chi connectivity index (χ2n) is 4.78. The molecule has 108 valence electrons. The Morgan fingerprint density at radius 2 is 1.77 bits per heavy atom. The third-order valence-electron chi connectivity index (χ3n) is 3.21. The summed E-state index contributed by atoms with van der Waals surface area (Å²) in [6, 6.07) is 18.5. The minimum atomic E-state index is -0.0387. The summed E-state index contributed by atoms with van der Waals surface area (Å²) in [6.45, 7) is 0. The molecular formula is C18H13ClN2O. The van der Waals surface area contributed by atoms with E-state index in [-0.39, 0.29) is 5.78 Å². The van der Waals surface area contributed by atoms with Gasteiger partial charge in [0.2, 0.25) is 0 Å². The molecule has 0 saturated heterocycles. The Kier molecular flexibility index (Phi) is 4.17. The summed E-state index contributed by atoms with van der Waals surface area (Å²) >= 11 is 5.87. The summed E-state index contributed by atoms with van der Waals surface area (Å²) in [5, 5.41) is 7.83. The zero-order valence-corrected chi connectivity index (χ0v) is 12.4. The topological polar surface area (TPSA) is 45.8 Å². The molecule has 0 saturated carbocycles. The maximum absolute atomic E-state index is 12.0. The molecule has 0 bridgehead atoms. The van der Waals surface area contributed by atoms with Crippen molar-refractivity contribution in [3.8, 4) is 11.3 Å². The van der Waals surface area contributed by atoms with Gasteiger partial charge in [-0.15, -0.1) is 0 Å². The van der Waals surface area contributed by atoms with Crippen LogP contribution in [0.15, 0.2) is 66.7 Å². The van der Waals surface area contributed by atoms with E-state index in [1.54, 1.807) is 18.2 Å². The number of hydrogen-bond donors (Lipinski definition) is 1. The standard InChI is InChI=1S/C18H13ClN2O/c19-15-8-6-13(7-9-15)17-12-16(20-21-17)10-11-18(22)14-4-2-1-3-5-14/h1-12H,(H,20,21)/b11-10+. The fourth-order valence-electron chi connectivity index (χ4n) is 2.05. The molecule has 3 aromatic rings. The van der Waals surface area contributed by atoms with E-state index in [0.717, 1.165) is 17.0 Å². The second kappa shape index (κ2) is 6.41. The highest BCUT2D eigenvalue weighted by atomic mass is 35.5. The minimum Gasteiger partial charge on any atom is -0.289 e. The number of benzene rings is 2. The van der Waals surface area contributed by atoms with Gasteiger partial charge in [-0.1, -0.05) is 54.1 Å². The number of nitrogens with one attached hydrogen (secondary N) is 1. The molecule has 4 heteroatoms. The third kappa shape index (κ3) is 3.32. The first-order valence-electron chi connectivity index (χ1n) is 6.81. The fourth-order valence-corrected chi connectivity index (χ4v) is 2.18. The van der Waals surface area contributed by atoms with Gasteiger partial charge in [-0.05, 0) is 30.4 Å². The summed E-state index contributed by atoms with van der Waals surface area (Å²) < 4.78 is 0. The number of aromatic amines is 1. The van der Waals surface area contributed by atoms with E-state index in [4.69, 9.17) is 11.6 Å². The van der Waals surface area contributed by atoms with Gasteiger partial charge in [0.15, 0.2) is 5.78 Å². The van der Waals surface area contributed by atoms with Gasteiger partial charge in [0.1, 0.15) is 0 Å². The summed E-state index contributed by atoms with van der Waals surface area (Å²) in [4.78, 5) is 12.0. The normalized spacial score (nSPS) is 11.0. The van der Waals surface area contributed by atoms with Crippen LogP contribution in [0.1, 0.15) is 16.1 Å². The number of rotatable bonds is 4. The van der Waals surface area contributed by atoms with Crippen molar-refractivity contribution in [3.05, 3.63) is 83.0 Å². The quantitative estimate of drug-likeness (QED) is 0.564. The van der Waals surface area contributed by atoms with E-state index >= 15 is 0 Å². The molecule has 1 N–H and O–H groups in total. The number of allylic oxidation sites excluding steroid dienone is 1. The Bertz CT molecular complexity index is 805. The Morgan fingerprint density at radius 3 is 2.50 bits per heavy atom. The molecule has 0 radical (unpaired) electrons. The molecule has 0 fully saturated rings. The van der Waals surface area contributed by atoms with Crippen LogP contribution in [0.4, 0.5) is 0 Å². The molecule has 0 aliphatic carbocycles. The Labute approximate surface area is 133 Å². The molecular weight excluding hydrogens is 296 g/mol. The van der Waals surface area contributed by atoms with Gasteiger partial charge in [0, 0.05) is 16.1 Å². The van der Waals surface area contributed by atoms with E-state index in [1.807, 2.05) is 48.5 Å². The number of ketones is 1. The molecule has 1 heterocycles. The first-order chi connectivity index (χ1) is 10.7. The lowest BCUT2D eigenvalue weighted by molar-refractivity contribution is 0.104. The average Bonchev–Trinajstić information content (AvgIpc) is 3.03. The SMILES string of the molecule is O=C(/C=C/c1cc(-c2ccc(Cl)cc2)n[nH]1)c1ccccc1. The lowest BCUT2D eigenvalue weighted by Crippen LogP contribution is -1.92. The molecule has 3 nitrogen and oxygen atoms in total. The van der Waals surface area contributed by atoms with E-state index < -0.39 is 0 Å². The van der Waals surface area contributed by atoms with Crippen LogP contribution in [0.3, 0.4) is 0 Å². The molecule has 0 amide bonds. The van der Waals surface area contributed by atoms with Crippen molar-refractivity contribution in [1.82, 2.24) is 10.2 Å². The number of H-pyrrole nitrogens is 1. The van der Waals surface area contributed by atoms with Gasteiger partial charge in [0.05, 0.1) is 11.4 Å². The maximum atomic E-state index is 12.0. The number of hydrogen-bond acceptors (Lipinski definition) is 2. The van der Waals surface area contributed by atoms with Crippen LogP contribution < -0.4 is 0 Å². The zero-order valence-electron chi connectivity index (χ0n) is 11.7. The molecule has 0 aliphatic rings. The number of aromatic nitrogens is 2. The summed E-state index contributed by atoms with van der Waals surface area (Å²) in [5.74, 6) is -0.0387. The average molecular weight is 309 g/mol. The van der Waals surface area contributed by atoms with Gasteiger partial charge in [-0.3, -0.25) is 9.89 Å². The summed E-state index contributed by atoms with van der Waals surface area (Å²) in [5.41, 5.74) is 3.21. The van der Waals surface area contributed by atoms with Gasteiger partial charge in [-0.2, -0.15) is 5.10 Å². The molecule has 1 aromatic heterocycles. The smallest absolute Gasteiger partial charge is 0.185 e. The predicted octanol–water partition coefficient (Wildman–Crippen LogP) is 4.63.